The lowest BCUT2D eigenvalue weighted by Gasteiger charge is -2.56. The average Bonchev–Trinajstić information content (AvgIpc) is 2.03. The van der Waals surface area contributed by atoms with Crippen LogP contribution in [0.2, 0.25) is 5.54 Å². The molecule has 13 heavy (non-hydrogen) atoms. The molecular weight excluding hydrogens is 182 g/mol. The van der Waals surface area contributed by atoms with E-state index in [4.69, 9.17) is 8.85 Å². The maximum Gasteiger partial charge on any atom is 0.431 e. The highest BCUT2D eigenvalue weighted by Gasteiger charge is 2.60. The maximum absolute atomic E-state index is 5.65. The number of rotatable bonds is 3. The molecule has 0 amide bonds. The van der Waals surface area contributed by atoms with Crippen LogP contribution in [0.4, 0.5) is 0 Å². The monoisotopic (exact) mass is 201 g/mol. The minimum Gasteiger partial charge on any atom is -0.386 e. The highest BCUT2D eigenvalue weighted by molar-refractivity contribution is 6.68. The molecule has 1 heterocycles. The molecule has 0 aromatic rings. The van der Waals surface area contributed by atoms with Gasteiger partial charge in [0, 0.05) is 32.3 Å². The van der Waals surface area contributed by atoms with Crippen molar-refractivity contribution >= 4 is 8.72 Å². The van der Waals surface area contributed by atoms with Gasteiger partial charge < -0.3 is 8.85 Å². The SMILES string of the molecule is CO[Si]1(OC)C(C)CN1C1CCC1. The average molecular weight is 201 g/mol. The van der Waals surface area contributed by atoms with Crippen LogP contribution in [-0.2, 0) is 8.85 Å². The quantitative estimate of drug-likeness (QED) is 0.646. The largest absolute Gasteiger partial charge is 0.431 e. The summed E-state index contributed by atoms with van der Waals surface area (Å²) < 4.78 is 13.8. The minimum absolute atomic E-state index is 0.628. The van der Waals surface area contributed by atoms with E-state index in [0.29, 0.717) is 5.54 Å². The zero-order chi connectivity index (χ0) is 9.47. The Bertz CT molecular complexity index is 192. The van der Waals surface area contributed by atoms with Crippen molar-refractivity contribution in [1.29, 1.82) is 0 Å². The smallest absolute Gasteiger partial charge is 0.386 e. The second-order valence-electron chi connectivity index (χ2n) is 4.18. The number of hydrogen-bond donors (Lipinski definition) is 0. The summed E-state index contributed by atoms with van der Waals surface area (Å²) in [7, 11) is 1.68. The first-order valence-corrected chi connectivity index (χ1v) is 6.95. The molecule has 1 saturated heterocycles. The Kier molecular flexibility index (Phi) is 2.48. The van der Waals surface area contributed by atoms with Gasteiger partial charge in [-0.2, -0.15) is 0 Å². The lowest BCUT2D eigenvalue weighted by molar-refractivity contribution is 0.0505. The molecule has 0 radical (unpaired) electrons. The van der Waals surface area contributed by atoms with Crippen LogP contribution in [0.3, 0.4) is 0 Å². The molecule has 1 saturated carbocycles. The summed E-state index contributed by atoms with van der Waals surface area (Å²) in [4.78, 5) is 0. The molecule has 0 aromatic heterocycles. The predicted molar refractivity (Wildman–Crippen MR) is 53.5 cm³/mol. The minimum atomic E-state index is -1.92. The lowest BCUT2D eigenvalue weighted by Crippen LogP contribution is -2.74. The van der Waals surface area contributed by atoms with Crippen LogP contribution < -0.4 is 0 Å². The van der Waals surface area contributed by atoms with Crippen LogP contribution in [-0.4, -0.2) is 40.1 Å². The van der Waals surface area contributed by atoms with Gasteiger partial charge in [0.15, 0.2) is 0 Å². The molecule has 1 unspecified atom stereocenters. The second kappa shape index (κ2) is 3.35. The first-order chi connectivity index (χ1) is 6.24. The molecule has 1 aliphatic heterocycles. The molecule has 1 atom stereocenters. The molecule has 3 nitrogen and oxygen atoms in total. The third-order valence-corrected chi connectivity index (χ3v) is 7.54. The summed E-state index contributed by atoms with van der Waals surface area (Å²) in [5.41, 5.74) is 0.628. The normalized spacial score (nSPS) is 33.9. The van der Waals surface area contributed by atoms with E-state index in [0.717, 1.165) is 6.04 Å². The molecule has 0 N–H and O–H groups in total. The van der Waals surface area contributed by atoms with Gasteiger partial charge in [0.05, 0.1) is 0 Å². The Morgan fingerprint density at radius 3 is 2.15 bits per heavy atom. The van der Waals surface area contributed by atoms with Crippen molar-refractivity contribution in [2.45, 2.75) is 37.8 Å². The Labute approximate surface area is 81.3 Å². The summed E-state index contributed by atoms with van der Waals surface area (Å²) in [5.74, 6) is 0. The third-order valence-electron chi connectivity index (χ3n) is 3.59. The molecule has 0 spiro atoms. The maximum atomic E-state index is 5.65. The van der Waals surface area contributed by atoms with Gasteiger partial charge in [0.25, 0.3) is 0 Å². The van der Waals surface area contributed by atoms with Crippen molar-refractivity contribution in [2.24, 2.45) is 0 Å². The van der Waals surface area contributed by atoms with Crippen LogP contribution in [0.15, 0.2) is 0 Å². The van der Waals surface area contributed by atoms with Gasteiger partial charge in [-0.1, -0.05) is 13.3 Å². The van der Waals surface area contributed by atoms with Crippen molar-refractivity contribution in [3.63, 3.8) is 0 Å². The fraction of sp³-hybridized carbons (Fsp3) is 1.00. The standard InChI is InChI=1S/C9H19NO2Si/c1-8-7-10(9-5-4-6-9)13(8,11-2)12-3/h8-9H,4-7H2,1-3H3. The molecule has 0 bridgehead atoms. The van der Waals surface area contributed by atoms with E-state index in [2.05, 4.69) is 11.5 Å². The molecule has 0 aromatic carbocycles. The van der Waals surface area contributed by atoms with Gasteiger partial charge in [-0.3, -0.25) is 4.57 Å². The fourth-order valence-electron chi connectivity index (χ4n) is 2.53. The van der Waals surface area contributed by atoms with Crippen molar-refractivity contribution in [2.75, 3.05) is 20.8 Å². The highest BCUT2D eigenvalue weighted by Crippen LogP contribution is 2.43. The molecule has 4 heteroatoms. The van der Waals surface area contributed by atoms with Gasteiger partial charge in [0.1, 0.15) is 0 Å². The van der Waals surface area contributed by atoms with Gasteiger partial charge in [-0.15, -0.1) is 0 Å². The first-order valence-electron chi connectivity index (χ1n) is 5.11. The van der Waals surface area contributed by atoms with Crippen molar-refractivity contribution < 1.29 is 8.85 Å². The molecule has 2 aliphatic rings. The van der Waals surface area contributed by atoms with Crippen LogP contribution in [0, 0.1) is 0 Å². The summed E-state index contributed by atoms with van der Waals surface area (Å²) in [6.07, 6.45) is 4.07. The fourth-order valence-corrected chi connectivity index (χ4v) is 5.94. The number of nitrogens with zero attached hydrogens (tertiary/aromatic N) is 1. The van der Waals surface area contributed by atoms with Crippen molar-refractivity contribution in [1.82, 2.24) is 4.57 Å². The van der Waals surface area contributed by atoms with Crippen LogP contribution in [0.1, 0.15) is 26.2 Å². The molecule has 2 fully saturated rings. The zero-order valence-corrected chi connectivity index (χ0v) is 9.75. The predicted octanol–water partition coefficient (Wildman–Crippen LogP) is 1.48. The Hall–Kier alpha value is 0.0969. The summed E-state index contributed by atoms with van der Waals surface area (Å²) in [6, 6.07) is 0.766. The van der Waals surface area contributed by atoms with Crippen LogP contribution in [0.5, 0.6) is 0 Å². The Morgan fingerprint density at radius 2 is 1.85 bits per heavy atom. The van der Waals surface area contributed by atoms with Crippen molar-refractivity contribution in [3.8, 4) is 0 Å². The van der Waals surface area contributed by atoms with E-state index in [1.165, 1.54) is 25.8 Å². The Morgan fingerprint density at radius 1 is 1.23 bits per heavy atom. The third kappa shape index (κ3) is 1.20. The Balaban J connectivity index is 2.04. The van der Waals surface area contributed by atoms with Crippen molar-refractivity contribution in [3.05, 3.63) is 0 Å². The highest BCUT2D eigenvalue weighted by atomic mass is 28.4. The van der Waals surface area contributed by atoms with E-state index in [-0.39, 0.29) is 0 Å². The number of hydrogen-bond acceptors (Lipinski definition) is 3. The van der Waals surface area contributed by atoms with Gasteiger partial charge >= 0.3 is 8.72 Å². The van der Waals surface area contributed by atoms with E-state index >= 15 is 0 Å². The molecule has 1 aliphatic carbocycles. The first kappa shape index (κ1) is 9.64. The topological polar surface area (TPSA) is 21.7 Å². The van der Waals surface area contributed by atoms with Crippen LogP contribution in [0.25, 0.3) is 0 Å². The summed E-state index contributed by atoms with van der Waals surface area (Å²) in [5, 5.41) is 0. The molecule has 76 valence electrons. The van der Waals surface area contributed by atoms with Gasteiger partial charge in [0.2, 0.25) is 0 Å². The summed E-state index contributed by atoms with van der Waals surface area (Å²) >= 11 is 0. The van der Waals surface area contributed by atoms with Gasteiger partial charge in [-0.25, -0.2) is 0 Å². The zero-order valence-electron chi connectivity index (χ0n) is 8.75. The lowest BCUT2D eigenvalue weighted by atomic mass is 9.93. The van der Waals surface area contributed by atoms with E-state index in [9.17, 15) is 0 Å². The van der Waals surface area contributed by atoms with E-state index in [1.807, 2.05) is 0 Å². The molecule has 2 rings (SSSR count). The van der Waals surface area contributed by atoms with Gasteiger partial charge in [-0.05, 0) is 12.8 Å². The van der Waals surface area contributed by atoms with E-state index in [1.54, 1.807) is 14.2 Å². The molecular formula is C9H19NO2Si. The van der Waals surface area contributed by atoms with E-state index < -0.39 is 8.72 Å². The van der Waals surface area contributed by atoms with Crippen LogP contribution >= 0.6 is 0 Å². The summed E-state index contributed by atoms with van der Waals surface area (Å²) in [6.45, 7) is 3.42. The second-order valence-corrected chi connectivity index (χ2v) is 7.82.